The lowest BCUT2D eigenvalue weighted by molar-refractivity contribution is -0.122. The van der Waals surface area contributed by atoms with Crippen LogP contribution >= 0.6 is 12.2 Å². The first-order valence-corrected chi connectivity index (χ1v) is 6.45. The second kappa shape index (κ2) is 6.21. The predicted molar refractivity (Wildman–Crippen MR) is 74.7 cm³/mol. The van der Waals surface area contributed by atoms with E-state index in [1.165, 1.54) is 0 Å². The molecule has 1 rings (SSSR count). The molecule has 20 heavy (non-hydrogen) atoms. The molecule has 0 unspecified atom stereocenters. The third kappa shape index (κ3) is 2.77. The lowest BCUT2D eigenvalue weighted by Crippen LogP contribution is -2.45. The maximum Gasteiger partial charge on any atom is 0.237 e. The van der Waals surface area contributed by atoms with Crippen molar-refractivity contribution in [2.75, 3.05) is 5.32 Å². The number of carbonyl (C=O) groups is 1. The first-order valence-electron chi connectivity index (χ1n) is 6.05. The van der Waals surface area contributed by atoms with E-state index in [9.17, 15) is 18.0 Å². The van der Waals surface area contributed by atoms with Gasteiger partial charge in [-0.05, 0) is 25.0 Å². The molecule has 0 aromatic heterocycles. The van der Waals surface area contributed by atoms with Gasteiger partial charge in [0.05, 0.1) is 16.1 Å². The van der Waals surface area contributed by atoms with Gasteiger partial charge < -0.3 is 11.1 Å². The molecule has 0 aliphatic rings. The normalized spacial score (nSPS) is 11.2. The molecule has 0 aliphatic heterocycles. The Kier molecular flexibility index (Phi) is 5.10. The standard InChI is InChI=1S/C13H15F3N2OS/c1-3-13(4-2,11(17)20)12(19)18-8-6-5-7(14)9(15)10(8)16/h5-6H,3-4H2,1-2H3,(H2,17,20)(H,18,19). The Labute approximate surface area is 120 Å². The van der Waals surface area contributed by atoms with Gasteiger partial charge in [-0.25, -0.2) is 13.2 Å². The number of carbonyl (C=O) groups excluding carboxylic acids is 1. The third-order valence-corrected chi connectivity index (χ3v) is 3.79. The number of thiocarbonyl (C=S) groups is 1. The van der Waals surface area contributed by atoms with E-state index in [0.717, 1.165) is 12.1 Å². The molecule has 1 amide bonds. The van der Waals surface area contributed by atoms with Crippen LogP contribution in [0.2, 0.25) is 0 Å². The number of rotatable bonds is 5. The molecule has 0 fully saturated rings. The largest absolute Gasteiger partial charge is 0.392 e. The zero-order valence-corrected chi connectivity index (χ0v) is 11.9. The second-order valence-corrected chi connectivity index (χ2v) is 4.77. The van der Waals surface area contributed by atoms with E-state index >= 15 is 0 Å². The molecule has 3 nitrogen and oxygen atoms in total. The molecule has 7 heteroatoms. The van der Waals surface area contributed by atoms with E-state index < -0.39 is 34.5 Å². The van der Waals surface area contributed by atoms with Crippen LogP contribution in [-0.4, -0.2) is 10.9 Å². The van der Waals surface area contributed by atoms with Crippen molar-refractivity contribution >= 4 is 28.8 Å². The highest BCUT2D eigenvalue weighted by molar-refractivity contribution is 7.80. The lowest BCUT2D eigenvalue weighted by atomic mass is 9.81. The van der Waals surface area contributed by atoms with Gasteiger partial charge in [-0.2, -0.15) is 0 Å². The summed E-state index contributed by atoms with van der Waals surface area (Å²) in [6.07, 6.45) is 0.631. The van der Waals surface area contributed by atoms with Crippen molar-refractivity contribution in [1.82, 2.24) is 0 Å². The summed E-state index contributed by atoms with van der Waals surface area (Å²) >= 11 is 4.89. The SMILES string of the molecule is CCC(CC)(C(=O)Nc1ccc(F)c(F)c1F)C(N)=S. The molecular formula is C13H15F3N2OS. The maximum atomic E-state index is 13.5. The molecule has 0 radical (unpaired) electrons. The Morgan fingerprint density at radius 3 is 2.25 bits per heavy atom. The van der Waals surface area contributed by atoms with Gasteiger partial charge in [0, 0.05) is 0 Å². The molecular weight excluding hydrogens is 289 g/mol. The molecule has 0 heterocycles. The summed E-state index contributed by atoms with van der Waals surface area (Å²) in [5.41, 5.74) is 3.99. The van der Waals surface area contributed by atoms with E-state index in [1.807, 2.05) is 0 Å². The molecule has 3 N–H and O–H groups in total. The molecule has 0 spiro atoms. The minimum atomic E-state index is -1.64. The number of amides is 1. The van der Waals surface area contributed by atoms with Crippen molar-refractivity contribution in [3.8, 4) is 0 Å². The Morgan fingerprint density at radius 2 is 1.80 bits per heavy atom. The number of anilines is 1. The fourth-order valence-corrected chi connectivity index (χ4v) is 2.28. The van der Waals surface area contributed by atoms with Crippen LogP contribution in [0.4, 0.5) is 18.9 Å². The highest BCUT2D eigenvalue weighted by Gasteiger charge is 2.38. The molecule has 110 valence electrons. The second-order valence-electron chi connectivity index (χ2n) is 4.33. The fourth-order valence-electron chi connectivity index (χ4n) is 1.90. The number of nitrogens with two attached hydrogens (primary N) is 1. The van der Waals surface area contributed by atoms with Crippen LogP contribution in [0.3, 0.4) is 0 Å². The van der Waals surface area contributed by atoms with Crippen molar-refractivity contribution in [2.45, 2.75) is 26.7 Å². The summed E-state index contributed by atoms with van der Waals surface area (Å²) in [5.74, 6) is -5.06. The van der Waals surface area contributed by atoms with Crippen molar-refractivity contribution < 1.29 is 18.0 Å². The van der Waals surface area contributed by atoms with Crippen LogP contribution in [0.5, 0.6) is 0 Å². The molecule has 0 atom stereocenters. The number of nitrogens with one attached hydrogen (secondary N) is 1. The van der Waals surface area contributed by atoms with E-state index in [0.29, 0.717) is 12.8 Å². The van der Waals surface area contributed by atoms with Gasteiger partial charge >= 0.3 is 0 Å². The fraction of sp³-hybridized carbons (Fsp3) is 0.385. The Bertz CT molecular complexity index is 545. The minimum absolute atomic E-state index is 0.0250. The van der Waals surface area contributed by atoms with Crippen molar-refractivity contribution in [2.24, 2.45) is 11.1 Å². The zero-order valence-electron chi connectivity index (χ0n) is 11.1. The van der Waals surface area contributed by atoms with E-state index in [4.69, 9.17) is 18.0 Å². The Hall–Kier alpha value is -1.63. The molecule has 0 bridgehead atoms. The Morgan fingerprint density at radius 1 is 1.25 bits per heavy atom. The van der Waals surface area contributed by atoms with Crippen molar-refractivity contribution in [3.63, 3.8) is 0 Å². The monoisotopic (exact) mass is 304 g/mol. The van der Waals surface area contributed by atoms with Crippen LogP contribution in [0.15, 0.2) is 12.1 Å². The van der Waals surface area contributed by atoms with E-state index in [1.54, 1.807) is 13.8 Å². The third-order valence-electron chi connectivity index (χ3n) is 3.40. The average Bonchev–Trinajstić information content (AvgIpc) is 2.41. The number of benzene rings is 1. The van der Waals surface area contributed by atoms with E-state index in [-0.39, 0.29) is 4.99 Å². The number of hydrogen-bond acceptors (Lipinski definition) is 2. The van der Waals surface area contributed by atoms with Crippen molar-refractivity contribution in [1.29, 1.82) is 0 Å². The summed E-state index contributed by atoms with van der Waals surface area (Å²) in [6.45, 7) is 3.42. The first kappa shape index (κ1) is 16.4. The van der Waals surface area contributed by atoms with Crippen molar-refractivity contribution in [3.05, 3.63) is 29.6 Å². The molecule has 0 aliphatic carbocycles. The van der Waals surface area contributed by atoms with Crippen LogP contribution in [0.25, 0.3) is 0 Å². The van der Waals surface area contributed by atoms with Gasteiger partial charge in [-0.1, -0.05) is 26.1 Å². The smallest absolute Gasteiger partial charge is 0.237 e. The van der Waals surface area contributed by atoms with Crippen LogP contribution in [0, 0.1) is 22.9 Å². The summed E-state index contributed by atoms with van der Waals surface area (Å²) in [5, 5.41) is 2.21. The van der Waals surface area contributed by atoms with Gasteiger partial charge in [-0.15, -0.1) is 0 Å². The zero-order chi connectivity index (χ0) is 15.5. The van der Waals surface area contributed by atoms with Gasteiger partial charge in [-0.3, -0.25) is 4.79 Å². The number of hydrogen-bond donors (Lipinski definition) is 2. The first-order chi connectivity index (χ1) is 9.30. The lowest BCUT2D eigenvalue weighted by Gasteiger charge is -2.29. The summed E-state index contributed by atoms with van der Waals surface area (Å²) in [6, 6.07) is 1.68. The van der Waals surface area contributed by atoms with Crippen LogP contribution in [0.1, 0.15) is 26.7 Å². The van der Waals surface area contributed by atoms with Gasteiger partial charge in [0.1, 0.15) is 0 Å². The molecule has 0 saturated carbocycles. The summed E-state index contributed by atoms with van der Waals surface area (Å²) in [4.78, 5) is 12.2. The highest BCUT2D eigenvalue weighted by Crippen LogP contribution is 2.30. The van der Waals surface area contributed by atoms with Gasteiger partial charge in [0.2, 0.25) is 5.91 Å². The van der Waals surface area contributed by atoms with Crippen LogP contribution < -0.4 is 11.1 Å². The maximum absolute atomic E-state index is 13.5. The summed E-state index contributed by atoms with van der Waals surface area (Å²) < 4.78 is 39.5. The number of halogens is 3. The quantitative estimate of drug-likeness (QED) is 0.649. The average molecular weight is 304 g/mol. The van der Waals surface area contributed by atoms with Gasteiger partial charge in [0.15, 0.2) is 17.5 Å². The van der Waals surface area contributed by atoms with E-state index in [2.05, 4.69) is 5.32 Å². The Balaban J connectivity index is 3.13. The van der Waals surface area contributed by atoms with Gasteiger partial charge in [0.25, 0.3) is 0 Å². The summed E-state index contributed by atoms with van der Waals surface area (Å²) in [7, 11) is 0. The molecule has 1 aromatic rings. The predicted octanol–water partition coefficient (Wildman–Crippen LogP) is 3.13. The molecule has 0 saturated heterocycles. The topological polar surface area (TPSA) is 55.1 Å². The minimum Gasteiger partial charge on any atom is -0.392 e. The molecule has 1 aromatic carbocycles. The highest BCUT2D eigenvalue weighted by atomic mass is 32.1. The van der Waals surface area contributed by atoms with Crippen LogP contribution in [-0.2, 0) is 4.79 Å².